The highest BCUT2D eigenvalue weighted by Gasteiger charge is 2.26. The number of aromatic nitrogens is 2. The fourth-order valence-corrected chi connectivity index (χ4v) is 1.61. The van der Waals surface area contributed by atoms with Gasteiger partial charge >= 0.3 is 0 Å². The summed E-state index contributed by atoms with van der Waals surface area (Å²) in [5.41, 5.74) is 0.714. The van der Waals surface area contributed by atoms with Gasteiger partial charge in [0.15, 0.2) is 0 Å². The van der Waals surface area contributed by atoms with Crippen LogP contribution in [0.1, 0.15) is 32.4 Å². The number of rotatable bonds is 5. The molecule has 0 saturated heterocycles. The Kier molecular flexibility index (Phi) is 4.28. The van der Waals surface area contributed by atoms with E-state index >= 15 is 0 Å². The lowest BCUT2D eigenvalue weighted by molar-refractivity contribution is -0.128. The highest BCUT2D eigenvalue weighted by atomic mass is 16.2. The zero-order valence-corrected chi connectivity index (χ0v) is 11.2. The standard InChI is InChI=1S/C12H22N4O/c1-9(10-6-15-16(5)7-10)14-8-12(2,3)11(17)13-4/h6-7,9,14H,8H2,1-5H3,(H,13,17)/t9-/m1/s1. The summed E-state index contributed by atoms with van der Waals surface area (Å²) >= 11 is 0. The van der Waals surface area contributed by atoms with Gasteiger partial charge in [-0.1, -0.05) is 0 Å². The first-order valence-corrected chi connectivity index (χ1v) is 5.81. The first-order chi connectivity index (χ1) is 7.86. The summed E-state index contributed by atoms with van der Waals surface area (Å²) < 4.78 is 1.78. The third-order valence-electron chi connectivity index (χ3n) is 2.92. The van der Waals surface area contributed by atoms with E-state index in [2.05, 4.69) is 22.7 Å². The predicted octanol–water partition coefficient (Wildman–Crippen LogP) is 0.843. The maximum absolute atomic E-state index is 11.6. The summed E-state index contributed by atoms with van der Waals surface area (Å²) in [7, 11) is 3.55. The number of hydrogen-bond acceptors (Lipinski definition) is 3. The van der Waals surface area contributed by atoms with Gasteiger partial charge in [0.1, 0.15) is 0 Å². The van der Waals surface area contributed by atoms with Crippen molar-refractivity contribution in [1.29, 1.82) is 0 Å². The van der Waals surface area contributed by atoms with Crippen molar-refractivity contribution in [3.8, 4) is 0 Å². The van der Waals surface area contributed by atoms with Gasteiger partial charge in [-0.2, -0.15) is 5.10 Å². The maximum Gasteiger partial charge on any atom is 0.226 e. The second-order valence-electron chi connectivity index (χ2n) is 5.01. The van der Waals surface area contributed by atoms with Crippen LogP contribution in [0.5, 0.6) is 0 Å². The second kappa shape index (κ2) is 5.31. The Balaban J connectivity index is 2.53. The molecule has 0 aliphatic rings. The molecule has 1 aromatic rings. The smallest absolute Gasteiger partial charge is 0.226 e. The van der Waals surface area contributed by atoms with Crippen LogP contribution in [-0.2, 0) is 11.8 Å². The third kappa shape index (κ3) is 3.56. The molecule has 5 heteroatoms. The zero-order valence-electron chi connectivity index (χ0n) is 11.2. The van der Waals surface area contributed by atoms with Crippen LogP contribution in [0.15, 0.2) is 12.4 Å². The Morgan fingerprint density at radius 2 is 2.24 bits per heavy atom. The molecule has 0 unspecified atom stereocenters. The molecule has 0 saturated carbocycles. The van der Waals surface area contributed by atoms with E-state index in [1.807, 2.05) is 33.3 Å². The molecule has 96 valence electrons. The molecule has 0 spiro atoms. The summed E-state index contributed by atoms with van der Waals surface area (Å²) in [5, 5.41) is 10.2. The van der Waals surface area contributed by atoms with Gasteiger partial charge in [-0.3, -0.25) is 9.48 Å². The van der Waals surface area contributed by atoms with Crippen molar-refractivity contribution in [2.45, 2.75) is 26.8 Å². The Hall–Kier alpha value is -1.36. The molecule has 1 heterocycles. The minimum absolute atomic E-state index is 0.0448. The Labute approximate surface area is 103 Å². The summed E-state index contributed by atoms with van der Waals surface area (Å²) in [6, 6.07) is 0.188. The fourth-order valence-electron chi connectivity index (χ4n) is 1.61. The number of carbonyl (C=O) groups is 1. The minimum atomic E-state index is -0.411. The van der Waals surface area contributed by atoms with Crippen molar-refractivity contribution in [1.82, 2.24) is 20.4 Å². The van der Waals surface area contributed by atoms with E-state index in [1.165, 1.54) is 0 Å². The second-order valence-corrected chi connectivity index (χ2v) is 5.01. The van der Waals surface area contributed by atoms with Crippen molar-refractivity contribution in [2.24, 2.45) is 12.5 Å². The zero-order chi connectivity index (χ0) is 13.1. The van der Waals surface area contributed by atoms with Crippen molar-refractivity contribution >= 4 is 5.91 Å². The highest BCUT2D eigenvalue weighted by molar-refractivity contribution is 5.81. The topological polar surface area (TPSA) is 59.0 Å². The lowest BCUT2D eigenvalue weighted by Gasteiger charge is -2.25. The molecule has 0 fully saturated rings. The monoisotopic (exact) mass is 238 g/mol. The first kappa shape index (κ1) is 13.7. The van der Waals surface area contributed by atoms with Crippen LogP contribution < -0.4 is 10.6 Å². The normalized spacial score (nSPS) is 13.5. The molecule has 1 aromatic heterocycles. The molecule has 0 aliphatic heterocycles. The summed E-state index contributed by atoms with van der Waals surface area (Å²) in [5.74, 6) is 0.0448. The average Bonchev–Trinajstić information content (AvgIpc) is 2.71. The molecule has 1 atom stereocenters. The van der Waals surface area contributed by atoms with E-state index in [4.69, 9.17) is 0 Å². The molecular formula is C12H22N4O. The van der Waals surface area contributed by atoms with Crippen LogP contribution >= 0.6 is 0 Å². The molecular weight excluding hydrogens is 216 g/mol. The Bertz CT molecular complexity index is 384. The van der Waals surface area contributed by atoms with Crippen molar-refractivity contribution in [3.63, 3.8) is 0 Å². The van der Waals surface area contributed by atoms with Crippen molar-refractivity contribution < 1.29 is 4.79 Å². The van der Waals surface area contributed by atoms with Crippen molar-refractivity contribution in [3.05, 3.63) is 18.0 Å². The van der Waals surface area contributed by atoms with E-state index in [9.17, 15) is 4.79 Å². The third-order valence-corrected chi connectivity index (χ3v) is 2.92. The molecule has 17 heavy (non-hydrogen) atoms. The molecule has 0 aromatic carbocycles. The van der Waals surface area contributed by atoms with Crippen LogP contribution in [0.2, 0.25) is 0 Å². The van der Waals surface area contributed by atoms with Gasteiger partial charge < -0.3 is 10.6 Å². The molecule has 0 bridgehead atoms. The molecule has 0 radical (unpaired) electrons. The average molecular weight is 238 g/mol. The number of carbonyl (C=O) groups excluding carboxylic acids is 1. The van der Waals surface area contributed by atoms with Crippen molar-refractivity contribution in [2.75, 3.05) is 13.6 Å². The minimum Gasteiger partial charge on any atom is -0.359 e. The van der Waals surface area contributed by atoms with Crippen LogP contribution in [0.3, 0.4) is 0 Å². The fraction of sp³-hybridized carbons (Fsp3) is 0.667. The summed E-state index contributed by atoms with van der Waals surface area (Å²) in [4.78, 5) is 11.6. The number of amides is 1. The van der Waals surface area contributed by atoms with Crippen LogP contribution in [0.4, 0.5) is 0 Å². The highest BCUT2D eigenvalue weighted by Crippen LogP contribution is 2.17. The molecule has 1 amide bonds. The molecule has 5 nitrogen and oxygen atoms in total. The number of aryl methyl sites for hydroxylation is 1. The maximum atomic E-state index is 11.6. The molecule has 0 aliphatic carbocycles. The first-order valence-electron chi connectivity index (χ1n) is 5.81. The van der Waals surface area contributed by atoms with Gasteiger partial charge in [-0.15, -0.1) is 0 Å². The van der Waals surface area contributed by atoms with E-state index in [-0.39, 0.29) is 11.9 Å². The van der Waals surface area contributed by atoms with Gasteiger partial charge in [-0.25, -0.2) is 0 Å². The number of hydrogen-bond donors (Lipinski definition) is 2. The lowest BCUT2D eigenvalue weighted by atomic mass is 9.92. The Morgan fingerprint density at radius 1 is 1.59 bits per heavy atom. The van der Waals surface area contributed by atoms with Gasteiger partial charge in [0.2, 0.25) is 5.91 Å². The van der Waals surface area contributed by atoms with Crippen LogP contribution in [0.25, 0.3) is 0 Å². The largest absolute Gasteiger partial charge is 0.359 e. The van der Waals surface area contributed by atoms with Gasteiger partial charge in [0, 0.05) is 38.4 Å². The Morgan fingerprint density at radius 3 is 2.71 bits per heavy atom. The van der Waals surface area contributed by atoms with E-state index in [1.54, 1.807) is 11.7 Å². The summed E-state index contributed by atoms with van der Waals surface area (Å²) in [6.45, 7) is 6.54. The number of nitrogens with zero attached hydrogens (tertiary/aromatic N) is 2. The SMILES string of the molecule is CNC(=O)C(C)(C)CN[C@H](C)c1cnn(C)c1. The molecule has 1 rings (SSSR count). The summed E-state index contributed by atoms with van der Waals surface area (Å²) in [6.07, 6.45) is 3.81. The predicted molar refractivity (Wildman–Crippen MR) is 67.5 cm³/mol. The van der Waals surface area contributed by atoms with E-state index < -0.39 is 5.41 Å². The quantitative estimate of drug-likeness (QED) is 0.799. The van der Waals surface area contributed by atoms with E-state index in [0.717, 1.165) is 5.56 Å². The van der Waals surface area contributed by atoms with E-state index in [0.29, 0.717) is 6.54 Å². The number of nitrogens with one attached hydrogen (secondary N) is 2. The lowest BCUT2D eigenvalue weighted by Crippen LogP contribution is -2.42. The van der Waals surface area contributed by atoms with Crippen LogP contribution in [0, 0.1) is 5.41 Å². The molecule has 2 N–H and O–H groups in total. The van der Waals surface area contributed by atoms with Crippen LogP contribution in [-0.4, -0.2) is 29.3 Å². The van der Waals surface area contributed by atoms with Gasteiger partial charge in [0.25, 0.3) is 0 Å². The van der Waals surface area contributed by atoms with Gasteiger partial charge in [-0.05, 0) is 20.8 Å². The van der Waals surface area contributed by atoms with Gasteiger partial charge in [0.05, 0.1) is 11.6 Å².